The number of anilines is 2. The van der Waals surface area contributed by atoms with Crippen molar-refractivity contribution in [2.75, 3.05) is 23.3 Å². The van der Waals surface area contributed by atoms with Gasteiger partial charge in [-0.05, 0) is 59.5 Å². The van der Waals surface area contributed by atoms with Crippen LogP contribution in [0.25, 0.3) is 10.9 Å². The highest BCUT2D eigenvalue weighted by atomic mass is 79.9. The number of halogens is 1. The minimum atomic E-state index is -0.401. The van der Waals surface area contributed by atoms with Gasteiger partial charge in [0.1, 0.15) is 12.4 Å². The van der Waals surface area contributed by atoms with Gasteiger partial charge in [-0.25, -0.2) is 4.79 Å². The molecule has 1 saturated heterocycles. The van der Waals surface area contributed by atoms with Crippen molar-refractivity contribution in [3.63, 3.8) is 0 Å². The van der Waals surface area contributed by atoms with Crippen molar-refractivity contribution in [1.82, 2.24) is 9.55 Å². The normalized spacial score (nSPS) is 14.2. The molecule has 28 heavy (non-hydrogen) atoms. The maximum absolute atomic E-state index is 12.8. The van der Waals surface area contributed by atoms with Crippen molar-refractivity contribution < 1.29 is 4.79 Å². The first-order valence-electron chi connectivity index (χ1n) is 9.42. The lowest BCUT2D eigenvalue weighted by molar-refractivity contribution is -0.116. The molecular formula is C21H21BrN4O2. The summed E-state index contributed by atoms with van der Waals surface area (Å²) in [4.78, 5) is 31.9. The summed E-state index contributed by atoms with van der Waals surface area (Å²) >= 11 is 3.42. The molecule has 0 unspecified atom stereocenters. The van der Waals surface area contributed by atoms with Gasteiger partial charge >= 0.3 is 5.69 Å². The predicted molar refractivity (Wildman–Crippen MR) is 115 cm³/mol. The molecule has 1 aliphatic rings. The van der Waals surface area contributed by atoms with E-state index in [-0.39, 0.29) is 12.5 Å². The number of fused-ring (bicyclic) bond motifs is 1. The Hall–Kier alpha value is -2.67. The smallest absolute Gasteiger partial charge is 0.350 e. The highest BCUT2D eigenvalue weighted by Crippen LogP contribution is 2.26. The van der Waals surface area contributed by atoms with Crippen LogP contribution in [0.4, 0.5) is 11.5 Å². The number of nitrogens with zero attached hydrogens (tertiary/aromatic N) is 3. The van der Waals surface area contributed by atoms with Crippen LogP contribution in [-0.4, -0.2) is 28.5 Å². The highest BCUT2D eigenvalue weighted by molar-refractivity contribution is 9.10. The Morgan fingerprint density at radius 3 is 2.54 bits per heavy atom. The number of para-hydroxylation sites is 2. The minimum Gasteiger partial charge on any atom is -0.356 e. The van der Waals surface area contributed by atoms with E-state index in [1.807, 2.05) is 42.5 Å². The van der Waals surface area contributed by atoms with Crippen molar-refractivity contribution >= 4 is 44.2 Å². The van der Waals surface area contributed by atoms with Crippen LogP contribution in [0.5, 0.6) is 0 Å². The lowest BCUT2D eigenvalue weighted by atomic mass is 10.1. The Morgan fingerprint density at radius 1 is 1.04 bits per heavy atom. The number of nitrogens with one attached hydrogen (secondary N) is 1. The lowest BCUT2D eigenvalue weighted by Gasteiger charge is -2.28. The van der Waals surface area contributed by atoms with E-state index in [0.717, 1.165) is 47.1 Å². The van der Waals surface area contributed by atoms with Crippen LogP contribution in [0.1, 0.15) is 19.3 Å². The molecule has 1 aromatic heterocycles. The molecule has 2 aromatic carbocycles. The Labute approximate surface area is 171 Å². The maximum atomic E-state index is 12.8. The first-order chi connectivity index (χ1) is 13.6. The number of amides is 1. The fourth-order valence-electron chi connectivity index (χ4n) is 3.61. The number of hydrogen-bond acceptors (Lipinski definition) is 4. The zero-order valence-corrected chi connectivity index (χ0v) is 17.0. The second-order valence-corrected chi connectivity index (χ2v) is 7.75. The molecule has 0 aliphatic carbocycles. The van der Waals surface area contributed by atoms with Gasteiger partial charge in [-0.1, -0.05) is 24.3 Å². The Morgan fingerprint density at radius 2 is 1.75 bits per heavy atom. The molecule has 4 rings (SSSR count). The number of benzene rings is 2. The van der Waals surface area contributed by atoms with E-state index < -0.39 is 5.69 Å². The van der Waals surface area contributed by atoms with Gasteiger partial charge in [0.2, 0.25) is 5.91 Å². The summed E-state index contributed by atoms with van der Waals surface area (Å²) in [6.07, 6.45) is 3.42. The molecule has 6 nitrogen and oxygen atoms in total. The molecule has 2 heterocycles. The van der Waals surface area contributed by atoms with Crippen LogP contribution in [0, 0.1) is 0 Å². The third kappa shape index (κ3) is 3.80. The highest BCUT2D eigenvalue weighted by Gasteiger charge is 2.19. The fourth-order valence-corrected chi connectivity index (χ4v) is 3.99. The van der Waals surface area contributed by atoms with Gasteiger partial charge < -0.3 is 10.2 Å². The quantitative estimate of drug-likeness (QED) is 0.669. The van der Waals surface area contributed by atoms with E-state index in [9.17, 15) is 9.59 Å². The van der Waals surface area contributed by atoms with Crippen molar-refractivity contribution in [2.24, 2.45) is 0 Å². The number of hydrogen-bond donors (Lipinski definition) is 1. The number of piperidine rings is 1. The van der Waals surface area contributed by atoms with Crippen molar-refractivity contribution in [3.05, 3.63) is 63.5 Å². The molecule has 0 radical (unpaired) electrons. The molecule has 1 amide bonds. The zero-order valence-electron chi connectivity index (χ0n) is 15.4. The number of carbonyl (C=O) groups excluding carboxylic acids is 1. The van der Waals surface area contributed by atoms with Gasteiger partial charge in [0.25, 0.3) is 0 Å². The summed E-state index contributed by atoms with van der Waals surface area (Å²) in [5, 5.41) is 3.75. The van der Waals surface area contributed by atoms with Gasteiger partial charge in [-0.3, -0.25) is 9.36 Å². The van der Waals surface area contributed by atoms with Gasteiger partial charge in [0.15, 0.2) is 0 Å². The Kier molecular flexibility index (Phi) is 5.43. The average Bonchev–Trinajstić information content (AvgIpc) is 2.72. The summed E-state index contributed by atoms with van der Waals surface area (Å²) in [5.74, 6) is 0.453. The Bertz CT molecular complexity index is 1070. The molecule has 1 aliphatic heterocycles. The fraction of sp³-hybridized carbons (Fsp3) is 0.286. The van der Waals surface area contributed by atoms with Crippen LogP contribution >= 0.6 is 15.9 Å². The predicted octanol–water partition coefficient (Wildman–Crippen LogP) is 3.79. The van der Waals surface area contributed by atoms with E-state index in [1.54, 1.807) is 6.07 Å². The molecule has 0 saturated carbocycles. The summed E-state index contributed by atoms with van der Waals surface area (Å²) < 4.78 is 2.23. The standard InChI is InChI=1S/C21H21BrN4O2/c22-16-9-3-4-10-17(16)23-19(27)14-26-18-11-5-2-8-15(18)20(24-21(26)28)25-12-6-1-7-13-25/h2-5,8-11H,1,6-7,12-14H2,(H,23,27). The molecule has 0 spiro atoms. The van der Waals surface area contributed by atoms with Crippen LogP contribution < -0.4 is 15.9 Å². The topological polar surface area (TPSA) is 67.2 Å². The van der Waals surface area contributed by atoms with Gasteiger partial charge in [-0.15, -0.1) is 0 Å². The molecule has 0 atom stereocenters. The molecular weight excluding hydrogens is 420 g/mol. The number of rotatable bonds is 4. The second kappa shape index (κ2) is 8.14. The van der Waals surface area contributed by atoms with Gasteiger partial charge in [0, 0.05) is 22.9 Å². The van der Waals surface area contributed by atoms with Crippen molar-refractivity contribution in [2.45, 2.75) is 25.8 Å². The first kappa shape index (κ1) is 18.7. The monoisotopic (exact) mass is 440 g/mol. The van der Waals surface area contributed by atoms with Crippen LogP contribution in [0.2, 0.25) is 0 Å². The molecule has 1 fully saturated rings. The average molecular weight is 441 g/mol. The Balaban J connectivity index is 1.68. The summed E-state index contributed by atoms with van der Waals surface area (Å²) in [7, 11) is 0. The van der Waals surface area contributed by atoms with E-state index >= 15 is 0 Å². The van der Waals surface area contributed by atoms with Crippen molar-refractivity contribution in [3.8, 4) is 0 Å². The van der Waals surface area contributed by atoms with Gasteiger partial charge in [-0.2, -0.15) is 4.98 Å². The van der Waals surface area contributed by atoms with Crippen LogP contribution in [0.3, 0.4) is 0 Å². The van der Waals surface area contributed by atoms with Crippen LogP contribution in [-0.2, 0) is 11.3 Å². The SMILES string of the molecule is O=C(Cn1c(=O)nc(N2CCCCC2)c2ccccc21)Nc1ccccc1Br. The lowest BCUT2D eigenvalue weighted by Crippen LogP contribution is -2.35. The third-order valence-electron chi connectivity index (χ3n) is 4.97. The summed E-state index contributed by atoms with van der Waals surface area (Å²) in [6.45, 7) is 1.72. The molecule has 3 aromatic rings. The minimum absolute atomic E-state index is 0.0893. The number of aromatic nitrogens is 2. The molecule has 0 bridgehead atoms. The maximum Gasteiger partial charge on any atom is 0.350 e. The molecule has 144 valence electrons. The summed E-state index contributed by atoms with van der Waals surface area (Å²) in [5.41, 5.74) is 0.995. The van der Waals surface area contributed by atoms with Gasteiger partial charge in [0.05, 0.1) is 11.2 Å². The second-order valence-electron chi connectivity index (χ2n) is 6.90. The van der Waals surface area contributed by atoms with E-state index in [4.69, 9.17) is 0 Å². The van der Waals surface area contributed by atoms with E-state index in [1.165, 1.54) is 11.0 Å². The number of carbonyl (C=O) groups is 1. The zero-order chi connectivity index (χ0) is 19.5. The molecule has 1 N–H and O–H groups in total. The summed E-state index contributed by atoms with van der Waals surface area (Å²) in [6, 6.07) is 15.0. The van der Waals surface area contributed by atoms with E-state index in [2.05, 4.69) is 31.1 Å². The van der Waals surface area contributed by atoms with E-state index in [0.29, 0.717) is 5.69 Å². The first-order valence-corrected chi connectivity index (χ1v) is 10.2. The molecule has 7 heteroatoms. The van der Waals surface area contributed by atoms with Crippen LogP contribution in [0.15, 0.2) is 57.8 Å². The van der Waals surface area contributed by atoms with Crippen molar-refractivity contribution in [1.29, 1.82) is 0 Å². The largest absolute Gasteiger partial charge is 0.356 e. The third-order valence-corrected chi connectivity index (χ3v) is 5.66.